The summed E-state index contributed by atoms with van der Waals surface area (Å²) in [6, 6.07) is 1.37. The molecule has 1 heterocycles. The number of methoxy groups -OCH3 is 2. The molecular weight excluding hydrogens is 351 g/mol. The highest BCUT2D eigenvalue weighted by Crippen LogP contribution is 2.30. The molecule has 0 aromatic heterocycles. The van der Waals surface area contributed by atoms with E-state index in [1.807, 2.05) is 0 Å². The normalized spacial score (nSPS) is 16.8. The van der Waals surface area contributed by atoms with Gasteiger partial charge in [-0.15, -0.1) is 0 Å². The first-order valence-electron chi connectivity index (χ1n) is 8.30. The molecule has 1 atom stereocenters. The molecule has 0 radical (unpaired) electrons. The smallest absolute Gasteiger partial charge is 0.405 e. The van der Waals surface area contributed by atoms with Crippen LogP contribution in [0.25, 0.3) is 0 Å². The Morgan fingerprint density at radius 2 is 1.81 bits per heavy atom. The largest absolute Gasteiger partial charge is 0.493 e. The Bertz CT molecular complexity index is 632. The van der Waals surface area contributed by atoms with Crippen molar-refractivity contribution in [1.29, 1.82) is 0 Å². The van der Waals surface area contributed by atoms with E-state index in [1.165, 1.54) is 25.2 Å². The van der Waals surface area contributed by atoms with Gasteiger partial charge in [0.25, 0.3) is 5.91 Å². The van der Waals surface area contributed by atoms with Gasteiger partial charge in [0.05, 0.1) is 14.2 Å². The van der Waals surface area contributed by atoms with Crippen LogP contribution in [-0.2, 0) is 0 Å². The van der Waals surface area contributed by atoms with Crippen LogP contribution in [0.2, 0.25) is 0 Å². The molecule has 2 N–H and O–H groups in total. The zero-order valence-electron chi connectivity index (χ0n) is 15.1. The first kappa shape index (κ1) is 20.3. The lowest BCUT2D eigenvalue weighted by Gasteiger charge is -2.36. The van der Waals surface area contributed by atoms with Crippen LogP contribution in [0.15, 0.2) is 12.1 Å². The number of nitrogens with zero attached hydrogens (tertiary/aromatic N) is 1. The number of piperazine rings is 1. The number of alkyl halides is 3. The number of aryl methyl sites for hydroxylation is 1. The molecule has 1 aliphatic heterocycles. The fourth-order valence-corrected chi connectivity index (χ4v) is 2.96. The van der Waals surface area contributed by atoms with Gasteiger partial charge in [0, 0.05) is 38.3 Å². The molecule has 0 aliphatic carbocycles. The summed E-state index contributed by atoms with van der Waals surface area (Å²) in [4.78, 5) is 13.8. The standard InChI is InChI=1S/C17H24F3N3O3/c1-11-8-13(25-2)14(26-3)9-12(11)16(24)22-10-15(17(18,19)20)23-6-4-21-5-7-23/h8-9,15,21H,4-7,10H2,1-3H3,(H,22,24). The Kier molecular flexibility index (Phi) is 6.71. The van der Waals surface area contributed by atoms with E-state index < -0.39 is 24.7 Å². The Morgan fingerprint density at radius 1 is 1.23 bits per heavy atom. The molecule has 1 aromatic rings. The third-order valence-electron chi connectivity index (χ3n) is 4.40. The highest BCUT2D eigenvalue weighted by molar-refractivity contribution is 5.96. The molecule has 0 spiro atoms. The number of hydrogen-bond acceptors (Lipinski definition) is 5. The molecule has 26 heavy (non-hydrogen) atoms. The molecule has 2 rings (SSSR count). The van der Waals surface area contributed by atoms with Gasteiger partial charge in [0.1, 0.15) is 6.04 Å². The van der Waals surface area contributed by atoms with Crippen molar-refractivity contribution in [2.45, 2.75) is 19.1 Å². The van der Waals surface area contributed by atoms with E-state index in [4.69, 9.17) is 9.47 Å². The molecule has 1 fully saturated rings. The second kappa shape index (κ2) is 8.59. The van der Waals surface area contributed by atoms with E-state index in [2.05, 4.69) is 10.6 Å². The van der Waals surface area contributed by atoms with Gasteiger partial charge < -0.3 is 20.1 Å². The molecule has 146 valence electrons. The van der Waals surface area contributed by atoms with Gasteiger partial charge in [0.15, 0.2) is 11.5 Å². The molecule has 1 aliphatic rings. The summed E-state index contributed by atoms with van der Waals surface area (Å²) in [6.07, 6.45) is -4.42. The summed E-state index contributed by atoms with van der Waals surface area (Å²) in [5.41, 5.74) is 0.842. The lowest BCUT2D eigenvalue weighted by Crippen LogP contribution is -2.57. The Balaban J connectivity index is 2.12. The van der Waals surface area contributed by atoms with Crippen molar-refractivity contribution in [1.82, 2.24) is 15.5 Å². The van der Waals surface area contributed by atoms with Crippen molar-refractivity contribution in [3.8, 4) is 11.5 Å². The summed E-state index contributed by atoms with van der Waals surface area (Å²) in [7, 11) is 2.90. The van der Waals surface area contributed by atoms with E-state index >= 15 is 0 Å². The molecule has 0 bridgehead atoms. The Morgan fingerprint density at radius 3 is 2.35 bits per heavy atom. The number of ether oxygens (including phenoxy) is 2. The van der Waals surface area contributed by atoms with E-state index in [0.29, 0.717) is 30.2 Å². The van der Waals surface area contributed by atoms with Crippen molar-refractivity contribution in [2.24, 2.45) is 0 Å². The van der Waals surface area contributed by atoms with Crippen LogP contribution in [0.4, 0.5) is 13.2 Å². The maximum absolute atomic E-state index is 13.4. The maximum Gasteiger partial charge on any atom is 0.405 e. The first-order valence-corrected chi connectivity index (χ1v) is 8.30. The minimum atomic E-state index is -4.42. The number of benzene rings is 1. The monoisotopic (exact) mass is 375 g/mol. The zero-order chi connectivity index (χ0) is 19.3. The fourth-order valence-electron chi connectivity index (χ4n) is 2.96. The summed E-state index contributed by atoms with van der Waals surface area (Å²) < 4.78 is 50.5. The Labute approximate surface area is 150 Å². The van der Waals surface area contributed by atoms with Crippen LogP contribution in [-0.4, -0.2) is 70.0 Å². The van der Waals surface area contributed by atoms with Crippen molar-refractivity contribution in [2.75, 3.05) is 46.9 Å². The molecule has 1 amide bonds. The Hall–Kier alpha value is -2.00. The van der Waals surface area contributed by atoms with E-state index in [-0.39, 0.29) is 18.7 Å². The molecular formula is C17H24F3N3O3. The topological polar surface area (TPSA) is 62.8 Å². The van der Waals surface area contributed by atoms with Gasteiger partial charge >= 0.3 is 6.18 Å². The van der Waals surface area contributed by atoms with Crippen molar-refractivity contribution in [3.05, 3.63) is 23.3 Å². The summed E-state index contributed by atoms with van der Waals surface area (Å²) in [5.74, 6) is 0.223. The van der Waals surface area contributed by atoms with Gasteiger partial charge in [0.2, 0.25) is 0 Å². The molecule has 1 aromatic carbocycles. The van der Waals surface area contributed by atoms with Crippen molar-refractivity contribution in [3.63, 3.8) is 0 Å². The predicted molar refractivity (Wildman–Crippen MR) is 90.9 cm³/mol. The minimum Gasteiger partial charge on any atom is -0.493 e. The van der Waals surface area contributed by atoms with Gasteiger partial charge in [-0.1, -0.05) is 0 Å². The third-order valence-corrected chi connectivity index (χ3v) is 4.40. The highest BCUT2D eigenvalue weighted by Gasteiger charge is 2.43. The summed E-state index contributed by atoms with van der Waals surface area (Å²) >= 11 is 0. The van der Waals surface area contributed by atoms with Crippen molar-refractivity contribution >= 4 is 5.91 Å². The average molecular weight is 375 g/mol. The minimum absolute atomic E-state index is 0.254. The number of hydrogen-bond donors (Lipinski definition) is 2. The number of amides is 1. The number of halogens is 3. The van der Waals surface area contributed by atoms with Crippen LogP contribution in [0, 0.1) is 6.92 Å². The molecule has 0 saturated carbocycles. The van der Waals surface area contributed by atoms with Crippen LogP contribution in [0.5, 0.6) is 11.5 Å². The predicted octanol–water partition coefficient (Wildman–Crippen LogP) is 1.58. The SMILES string of the molecule is COc1cc(C)c(C(=O)NCC(N2CCNCC2)C(F)(F)F)cc1OC. The highest BCUT2D eigenvalue weighted by atomic mass is 19.4. The van der Waals surface area contributed by atoms with Gasteiger partial charge in [-0.25, -0.2) is 0 Å². The first-order chi connectivity index (χ1) is 12.3. The molecule has 9 heteroatoms. The average Bonchev–Trinajstić information content (AvgIpc) is 2.61. The van der Waals surface area contributed by atoms with Gasteiger partial charge in [-0.2, -0.15) is 13.2 Å². The maximum atomic E-state index is 13.4. The van der Waals surface area contributed by atoms with Gasteiger partial charge in [-0.3, -0.25) is 9.69 Å². The van der Waals surface area contributed by atoms with Crippen molar-refractivity contribution < 1.29 is 27.4 Å². The summed E-state index contributed by atoms with van der Waals surface area (Å²) in [5, 5.41) is 5.44. The number of carbonyl (C=O) groups excluding carboxylic acids is 1. The van der Waals surface area contributed by atoms with Gasteiger partial charge in [-0.05, 0) is 24.6 Å². The second-order valence-corrected chi connectivity index (χ2v) is 6.08. The lowest BCUT2D eigenvalue weighted by atomic mass is 10.1. The van der Waals surface area contributed by atoms with E-state index in [9.17, 15) is 18.0 Å². The van der Waals surface area contributed by atoms with Crippen LogP contribution >= 0.6 is 0 Å². The number of carbonyl (C=O) groups is 1. The second-order valence-electron chi connectivity index (χ2n) is 6.08. The third kappa shape index (κ3) is 4.79. The van der Waals surface area contributed by atoms with E-state index in [0.717, 1.165) is 0 Å². The molecule has 1 saturated heterocycles. The number of rotatable bonds is 6. The van der Waals surface area contributed by atoms with E-state index in [1.54, 1.807) is 13.0 Å². The van der Waals surface area contributed by atoms with Crippen LogP contribution < -0.4 is 20.1 Å². The molecule has 6 nitrogen and oxygen atoms in total. The summed E-state index contributed by atoms with van der Waals surface area (Å²) in [6.45, 7) is 2.75. The lowest BCUT2D eigenvalue weighted by molar-refractivity contribution is -0.183. The number of nitrogens with one attached hydrogen (secondary N) is 2. The zero-order valence-corrected chi connectivity index (χ0v) is 15.1. The van der Waals surface area contributed by atoms with Crippen LogP contribution in [0.1, 0.15) is 15.9 Å². The molecule has 1 unspecified atom stereocenters. The quantitative estimate of drug-likeness (QED) is 0.791. The van der Waals surface area contributed by atoms with Crippen LogP contribution in [0.3, 0.4) is 0 Å². The fraction of sp³-hybridized carbons (Fsp3) is 0.588.